The van der Waals surface area contributed by atoms with Crippen molar-refractivity contribution in [3.8, 4) is 0 Å². The monoisotopic (exact) mass is 300 g/mol. The van der Waals surface area contributed by atoms with E-state index in [0.29, 0.717) is 22.2 Å². The molecule has 0 aromatic heterocycles. The molecule has 5 heteroatoms. The van der Waals surface area contributed by atoms with Gasteiger partial charge in [-0.3, -0.25) is 4.79 Å². The van der Waals surface area contributed by atoms with Gasteiger partial charge in [0.25, 0.3) is 0 Å². The lowest BCUT2D eigenvalue weighted by molar-refractivity contribution is -0.133. The van der Waals surface area contributed by atoms with Crippen molar-refractivity contribution in [3.63, 3.8) is 0 Å². The largest absolute Gasteiger partial charge is 0.392 e. The SMILES string of the molecule is CCSC1CCCC1NC(=O)C1(C(N)=S)CC(C)C1. The number of thioether (sulfide) groups is 1. The molecule has 0 heterocycles. The summed E-state index contributed by atoms with van der Waals surface area (Å²) in [6.45, 7) is 4.32. The van der Waals surface area contributed by atoms with Crippen LogP contribution in [0.4, 0.5) is 0 Å². The van der Waals surface area contributed by atoms with Crippen LogP contribution >= 0.6 is 24.0 Å². The van der Waals surface area contributed by atoms with E-state index in [0.717, 1.165) is 25.0 Å². The van der Waals surface area contributed by atoms with Crippen LogP contribution < -0.4 is 11.1 Å². The molecule has 19 heavy (non-hydrogen) atoms. The van der Waals surface area contributed by atoms with Crippen molar-refractivity contribution in [2.24, 2.45) is 17.1 Å². The van der Waals surface area contributed by atoms with Crippen LogP contribution in [-0.4, -0.2) is 27.9 Å². The first-order valence-electron chi connectivity index (χ1n) is 7.22. The minimum atomic E-state index is -0.557. The third-order valence-corrected chi connectivity index (χ3v) is 6.17. The topological polar surface area (TPSA) is 55.1 Å². The molecule has 1 amide bonds. The molecule has 2 aliphatic rings. The van der Waals surface area contributed by atoms with Crippen molar-refractivity contribution < 1.29 is 4.79 Å². The van der Waals surface area contributed by atoms with E-state index >= 15 is 0 Å². The Balaban J connectivity index is 1.98. The van der Waals surface area contributed by atoms with Gasteiger partial charge in [0.15, 0.2) is 0 Å². The smallest absolute Gasteiger partial charge is 0.233 e. The van der Waals surface area contributed by atoms with Crippen molar-refractivity contribution >= 4 is 34.9 Å². The van der Waals surface area contributed by atoms with Crippen LogP contribution in [0.5, 0.6) is 0 Å². The summed E-state index contributed by atoms with van der Waals surface area (Å²) < 4.78 is 0. The minimum Gasteiger partial charge on any atom is -0.392 e. The number of hydrogen-bond donors (Lipinski definition) is 2. The lowest BCUT2D eigenvalue weighted by Crippen LogP contribution is -2.58. The quantitative estimate of drug-likeness (QED) is 0.766. The number of carbonyl (C=O) groups is 1. The van der Waals surface area contributed by atoms with Gasteiger partial charge >= 0.3 is 0 Å². The average Bonchev–Trinajstić information content (AvgIpc) is 2.72. The fraction of sp³-hybridized carbons (Fsp3) is 0.857. The van der Waals surface area contributed by atoms with Gasteiger partial charge in [0.1, 0.15) is 0 Å². The maximum Gasteiger partial charge on any atom is 0.233 e. The highest BCUT2D eigenvalue weighted by Gasteiger charge is 2.51. The van der Waals surface area contributed by atoms with Crippen LogP contribution in [0.25, 0.3) is 0 Å². The standard InChI is InChI=1S/C14H24N2OS2/c1-3-19-11-6-4-5-10(11)16-13(17)14(12(15)18)7-9(2)8-14/h9-11H,3-8H2,1-2H3,(H2,15,18)(H,16,17). The van der Waals surface area contributed by atoms with E-state index < -0.39 is 5.41 Å². The molecule has 2 unspecified atom stereocenters. The van der Waals surface area contributed by atoms with Crippen LogP contribution in [0.3, 0.4) is 0 Å². The lowest BCUT2D eigenvalue weighted by Gasteiger charge is -2.44. The molecule has 2 fully saturated rings. The fourth-order valence-electron chi connectivity index (χ4n) is 3.44. The summed E-state index contributed by atoms with van der Waals surface area (Å²) >= 11 is 7.10. The molecule has 0 radical (unpaired) electrons. The Morgan fingerprint density at radius 2 is 2.16 bits per heavy atom. The molecule has 3 nitrogen and oxygen atoms in total. The zero-order valence-corrected chi connectivity index (χ0v) is 13.4. The van der Waals surface area contributed by atoms with Gasteiger partial charge in [-0.05, 0) is 37.4 Å². The molecule has 2 rings (SSSR count). The zero-order chi connectivity index (χ0) is 14.0. The number of rotatable bonds is 5. The highest BCUT2D eigenvalue weighted by atomic mass is 32.2. The second-order valence-corrected chi connectivity index (χ2v) is 7.92. The van der Waals surface area contributed by atoms with Crippen molar-refractivity contribution in [2.75, 3.05) is 5.75 Å². The molecule has 0 aromatic carbocycles. The van der Waals surface area contributed by atoms with Crippen LogP contribution in [0.1, 0.15) is 46.0 Å². The third kappa shape index (κ3) is 2.92. The lowest BCUT2D eigenvalue weighted by atomic mass is 9.62. The summed E-state index contributed by atoms with van der Waals surface area (Å²) in [6.07, 6.45) is 5.13. The summed E-state index contributed by atoms with van der Waals surface area (Å²) in [5.74, 6) is 1.73. The number of amides is 1. The number of nitrogens with one attached hydrogen (secondary N) is 1. The van der Waals surface area contributed by atoms with Crippen LogP contribution in [0, 0.1) is 11.3 Å². The predicted octanol–water partition coefficient (Wildman–Crippen LogP) is 2.48. The Morgan fingerprint density at radius 1 is 1.47 bits per heavy atom. The molecule has 0 spiro atoms. The van der Waals surface area contributed by atoms with Crippen LogP contribution in [-0.2, 0) is 4.79 Å². The van der Waals surface area contributed by atoms with E-state index in [1.54, 1.807) is 0 Å². The van der Waals surface area contributed by atoms with Gasteiger partial charge in [0, 0.05) is 11.3 Å². The predicted molar refractivity (Wildman–Crippen MR) is 85.3 cm³/mol. The molecule has 2 aliphatic carbocycles. The molecule has 0 aromatic rings. The Kier molecular flexibility index (Phi) is 4.77. The normalized spacial score (nSPS) is 37.7. The highest BCUT2D eigenvalue weighted by Crippen LogP contribution is 2.46. The first kappa shape index (κ1) is 15.1. The van der Waals surface area contributed by atoms with Gasteiger partial charge in [-0.25, -0.2) is 0 Å². The highest BCUT2D eigenvalue weighted by molar-refractivity contribution is 7.99. The van der Waals surface area contributed by atoms with Crippen molar-refractivity contribution in [2.45, 2.75) is 57.2 Å². The van der Waals surface area contributed by atoms with Gasteiger partial charge < -0.3 is 11.1 Å². The van der Waals surface area contributed by atoms with Gasteiger partial charge in [0.05, 0.1) is 10.4 Å². The van der Waals surface area contributed by atoms with E-state index in [1.165, 1.54) is 12.8 Å². The zero-order valence-electron chi connectivity index (χ0n) is 11.8. The van der Waals surface area contributed by atoms with Gasteiger partial charge in [-0.1, -0.05) is 32.5 Å². The van der Waals surface area contributed by atoms with E-state index in [-0.39, 0.29) is 5.91 Å². The summed E-state index contributed by atoms with van der Waals surface area (Å²) in [5.41, 5.74) is 5.27. The Labute approximate surface area is 125 Å². The first-order valence-corrected chi connectivity index (χ1v) is 8.67. The number of nitrogens with two attached hydrogens (primary N) is 1. The van der Waals surface area contributed by atoms with Crippen molar-refractivity contribution in [1.82, 2.24) is 5.32 Å². The molecule has 0 aliphatic heterocycles. The molecule has 108 valence electrons. The average molecular weight is 300 g/mol. The molecule has 2 saturated carbocycles. The summed E-state index contributed by atoms with van der Waals surface area (Å²) in [7, 11) is 0. The molecular weight excluding hydrogens is 276 g/mol. The molecule has 0 bridgehead atoms. The van der Waals surface area contributed by atoms with Crippen LogP contribution in [0.15, 0.2) is 0 Å². The number of thiocarbonyl (C=S) groups is 1. The Morgan fingerprint density at radius 3 is 2.68 bits per heavy atom. The van der Waals surface area contributed by atoms with Gasteiger partial charge in [-0.15, -0.1) is 0 Å². The Bertz CT molecular complexity index is 366. The maximum absolute atomic E-state index is 12.6. The molecule has 0 saturated heterocycles. The minimum absolute atomic E-state index is 0.0757. The van der Waals surface area contributed by atoms with E-state index in [4.69, 9.17) is 18.0 Å². The number of hydrogen-bond acceptors (Lipinski definition) is 3. The van der Waals surface area contributed by atoms with Crippen LogP contribution in [0.2, 0.25) is 0 Å². The Hall–Kier alpha value is -0.290. The van der Waals surface area contributed by atoms with Crippen molar-refractivity contribution in [3.05, 3.63) is 0 Å². The second-order valence-electron chi connectivity index (χ2n) is 5.96. The number of carbonyl (C=O) groups excluding carboxylic acids is 1. The summed E-state index contributed by atoms with van der Waals surface area (Å²) in [4.78, 5) is 12.9. The summed E-state index contributed by atoms with van der Waals surface area (Å²) in [5, 5.41) is 3.80. The molecular formula is C14H24N2OS2. The first-order chi connectivity index (χ1) is 8.99. The second kappa shape index (κ2) is 6.00. The summed E-state index contributed by atoms with van der Waals surface area (Å²) in [6, 6.07) is 0.305. The maximum atomic E-state index is 12.6. The molecule has 3 N–H and O–H groups in total. The van der Waals surface area contributed by atoms with Crippen molar-refractivity contribution in [1.29, 1.82) is 0 Å². The van der Waals surface area contributed by atoms with E-state index in [9.17, 15) is 4.79 Å². The fourth-order valence-corrected chi connectivity index (χ4v) is 4.90. The van der Waals surface area contributed by atoms with E-state index in [1.807, 2.05) is 11.8 Å². The van der Waals surface area contributed by atoms with Gasteiger partial charge in [0.2, 0.25) is 5.91 Å². The molecule has 2 atom stereocenters. The van der Waals surface area contributed by atoms with E-state index in [2.05, 4.69) is 19.2 Å². The van der Waals surface area contributed by atoms with Gasteiger partial charge in [-0.2, -0.15) is 11.8 Å². The third-order valence-electron chi connectivity index (χ3n) is 4.45.